The van der Waals surface area contributed by atoms with E-state index in [2.05, 4.69) is 0 Å². The van der Waals surface area contributed by atoms with E-state index in [0.717, 1.165) is 5.56 Å². The van der Waals surface area contributed by atoms with E-state index >= 15 is 0 Å². The van der Waals surface area contributed by atoms with Gasteiger partial charge in [0.1, 0.15) is 0 Å². The van der Waals surface area contributed by atoms with Gasteiger partial charge in [0.25, 0.3) is 5.91 Å². The molecule has 0 aliphatic heterocycles. The van der Waals surface area contributed by atoms with E-state index in [0.29, 0.717) is 12.1 Å². The zero-order valence-electron chi connectivity index (χ0n) is 13.4. The Balaban J connectivity index is 2.24. The van der Waals surface area contributed by atoms with E-state index in [1.807, 2.05) is 55.5 Å². The average molecular weight is 311 g/mol. The van der Waals surface area contributed by atoms with Crippen molar-refractivity contribution in [3.05, 3.63) is 71.8 Å². The molecule has 0 N–H and O–H groups in total. The average Bonchev–Trinajstić information content (AvgIpc) is 2.62. The highest BCUT2D eigenvalue weighted by atomic mass is 16.5. The summed E-state index contributed by atoms with van der Waals surface area (Å²) in [4.78, 5) is 26.0. The second kappa shape index (κ2) is 8.13. The topological polar surface area (TPSA) is 46.6 Å². The molecule has 4 heteroatoms. The quantitative estimate of drug-likeness (QED) is 0.768. The first-order valence-corrected chi connectivity index (χ1v) is 7.61. The van der Waals surface area contributed by atoms with Crippen LogP contribution in [0.25, 0.3) is 0 Å². The summed E-state index contributed by atoms with van der Waals surface area (Å²) in [6.45, 7) is 2.28. The van der Waals surface area contributed by atoms with Crippen LogP contribution in [0.4, 0.5) is 0 Å². The van der Waals surface area contributed by atoms with E-state index in [1.54, 1.807) is 17.0 Å². The number of methoxy groups -OCH3 is 1. The number of nitrogens with zero attached hydrogens (tertiary/aromatic N) is 1. The van der Waals surface area contributed by atoms with Crippen molar-refractivity contribution in [2.45, 2.75) is 19.4 Å². The van der Waals surface area contributed by atoms with Crippen LogP contribution in [-0.2, 0) is 9.53 Å². The predicted octanol–water partition coefficient (Wildman–Crippen LogP) is 3.45. The Bertz CT molecular complexity index is 640. The normalized spacial score (nSPS) is 11.6. The fourth-order valence-electron chi connectivity index (χ4n) is 2.44. The molecule has 0 radical (unpaired) electrons. The van der Waals surface area contributed by atoms with Crippen LogP contribution in [0.15, 0.2) is 60.7 Å². The molecule has 1 unspecified atom stereocenters. The number of ether oxygens (including phenoxy) is 1. The van der Waals surface area contributed by atoms with Crippen molar-refractivity contribution in [3.63, 3.8) is 0 Å². The van der Waals surface area contributed by atoms with Crippen LogP contribution in [0.1, 0.15) is 35.3 Å². The van der Waals surface area contributed by atoms with Gasteiger partial charge in [-0.05, 0) is 24.6 Å². The smallest absolute Gasteiger partial charge is 0.307 e. The first-order valence-electron chi connectivity index (χ1n) is 7.61. The van der Waals surface area contributed by atoms with Gasteiger partial charge in [-0.15, -0.1) is 0 Å². The number of hydrogen-bond donors (Lipinski definition) is 0. The van der Waals surface area contributed by atoms with Crippen LogP contribution in [0, 0.1) is 0 Å². The van der Waals surface area contributed by atoms with Crippen LogP contribution >= 0.6 is 0 Å². The van der Waals surface area contributed by atoms with Crippen LogP contribution in [0.2, 0.25) is 0 Å². The lowest BCUT2D eigenvalue weighted by molar-refractivity contribution is -0.140. The summed E-state index contributed by atoms with van der Waals surface area (Å²) in [5.74, 6) is -0.415. The maximum atomic E-state index is 12.8. The van der Waals surface area contributed by atoms with Gasteiger partial charge in [0, 0.05) is 12.1 Å². The Hall–Kier alpha value is -2.62. The summed E-state index contributed by atoms with van der Waals surface area (Å²) in [5, 5.41) is 0. The summed E-state index contributed by atoms with van der Waals surface area (Å²) in [6, 6.07) is 18.8. The van der Waals surface area contributed by atoms with E-state index in [1.165, 1.54) is 7.11 Å². The lowest BCUT2D eigenvalue weighted by Gasteiger charge is -2.29. The predicted molar refractivity (Wildman–Crippen MR) is 89.0 cm³/mol. The highest BCUT2D eigenvalue weighted by Crippen LogP contribution is 2.22. The van der Waals surface area contributed by atoms with Crippen molar-refractivity contribution in [2.24, 2.45) is 0 Å². The van der Waals surface area contributed by atoms with E-state index < -0.39 is 0 Å². The van der Waals surface area contributed by atoms with Gasteiger partial charge in [-0.2, -0.15) is 0 Å². The van der Waals surface area contributed by atoms with Gasteiger partial charge in [-0.1, -0.05) is 48.5 Å². The molecule has 0 saturated carbocycles. The zero-order chi connectivity index (χ0) is 16.7. The van der Waals surface area contributed by atoms with Gasteiger partial charge >= 0.3 is 5.97 Å². The lowest BCUT2D eigenvalue weighted by atomic mass is 10.1. The second-order valence-corrected chi connectivity index (χ2v) is 5.28. The maximum Gasteiger partial charge on any atom is 0.307 e. The molecule has 0 aliphatic rings. The van der Waals surface area contributed by atoms with Gasteiger partial charge < -0.3 is 9.64 Å². The molecular weight excluding hydrogens is 290 g/mol. The Kier molecular flexibility index (Phi) is 5.92. The highest BCUT2D eigenvalue weighted by Gasteiger charge is 2.23. The number of rotatable bonds is 6. The second-order valence-electron chi connectivity index (χ2n) is 5.28. The number of hydrogen-bond acceptors (Lipinski definition) is 3. The largest absolute Gasteiger partial charge is 0.469 e. The molecule has 0 heterocycles. The number of carbonyl (C=O) groups is 2. The fraction of sp³-hybridized carbons (Fsp3) is 0.263. The summed E-state index contributed by atoms with van der Waals surface area (Å²) in [7, 11) is 1.35. The summed E-state index contributed by atoms with van der Waals surface area (Å²) < 4.78 is 4.69. The first-order chi connectivity index (χ1) is 11.1. The molecule has 23 heavy (non-hydrogen) atoms. The minimum absolute atomic E-state index is 0.0918. The summed E-state index contributed by atoms with van der Waals surface area (Å²) >= 11 is 0. The fourth-order valence-corrected chi connectivity index (χ4v) is 2.44. The molecule has 0 bridgehead atoms. The van der Waals surface area contributed by atoms with Crippen LogP contribution < -0.4 is 0 Å². The highest BCUT2D eigenvalue weighted by molar-refractivity contribution is 5.94. The summed E-state index contributed by atoms with van der Waals surface area (Å²) in [5.41, 5.74) is 1.64. The summed E-state index contributed by atoms with van der Waals surface area (Å²) in [6.07, 6.45) is 0.173. The molecule has 0 aromatic heterocycles. The number of esters is 1. The molecule has 4 nitrogen and oxygen atoms in total. The molecule has 120 valence electrons. The first kappa shape index (κ1) is 16.7. The molecule has 2 rings (SSSR count). The van der Waals surface area contributed by atoms with Crippen LogP contribution in [0.3, 0.4) is 0 Å². The molecule has 1 amide bonds. The van der Waals surface area contributed by atoms with Crippen molar-refractivity contribution in [1.82, 2.24) is 4.90 Å². The van der Waals surface area contributed by atoms with Crippen LogP contribution in [0.5, 0.6) is 0 Å². The molecule has 0 saturated heterocycles. The van der Waals surface area contributed by atoms with Gasteiger partial charge in [0.15, 0.2) is 0 Å². The van der Waals surface area contributed by atoms with Crippen molar-refractivity contribution in [2.75, 3.05) is 13.7 Å². The minimum Gasteiger partial charge on any atom is -0.469 e. The van der Waals surface area contributed by atoms with E-state index in [9.17, 15) is 9.59 Å². The Morgan fingerprint density at radius 3 is 2.13 bits per heavy atom. The molecular formula is C19H21NO3. The van der Waals surface area contributed by atoms with Crippen molar-refractivity contribution in [3.8, 4) is 0 Å². The zero-order valence-corrected chi connectivity index (χ0v) is 13.4. The Labute approximate surface area is 136 Å². The maximum absolute atomic E-state index is 12.8. The van der Waals surface area contributed by atoms with Gasteiger partial charge in [-0.25, -0.2) is 0 Å². The molecule has 2 aromatic rings. The third kappa shape index (κ3) is 4.42. The molecule has 2 aromatic carbocycles. The van der Waals surface area contributed by atoms with Gasteiger partial charge in [-0.3, -0.25) is 9.59 Å². The van der Waals surface area contributed by atoms with E-state index in [4.69, 9.17) is 4.74 Å². The number of benzene rings is 2. The number of carbonyl (C=O) groups excluding carboxylic acids is 2. The van der Waals surface area contributed by atoms with Gasteiger partial charge in [0.05, 0.1) is 19.6 Å². The minimum atomic E-state index is -0.323. The van der Waals surface area contributed by atoms with Crippen molar-refractivity contribution < 1.29 is 14.3 Å². The molecule has 0 aliphatic carbocycles. The third-order valence-corrected chi connectivity index (χ3v) is 3.82. The SMILES string of the molecule is COC(=O)CCN(C(=O)c1ccccc1)C(C)c1ccccc1. The van der Waals surface area contributed by atoms with Gasteiger partial charge in [0.2, 0.25) is 0 Å². The van der Waals surface area contributed by atoms with Crippen molar-refractivity contribution in [1.29, 1.82) is 0 Å². The van der Waals surface area contributed by atoms with Crippen LogP contribution in [-0.4, -0.2) is 30.4 Å². The molecule has 1 atom stereocenters. The Morgan fingerprint density at radius 2 is 1.57 bits per heavy atom. The van der Waals surface area contributed by atoms with E-state index in [-0.39, 0.29) is 24.3 Å². The monoisotopic (exact) mass is 311 g/mol. The standard InChI is InChI=1S/C19H21NO3/c1-15(16-9-5-3-6-10-16)20(14-13-18(21)23-2)19(22)17-11-7-4-8-12-17/h3-12,15H,13-14H2,1-2H3. The molecule has 0 spiro atoms. The Morgan fingerprint density at radius 1 is 1.00 bits per heavy atom. The number of amides is 1. The third-order valence-electron chi connectivity index (χ3n) is 3.82. The molecule has 0 fully saturated rings. The van der Waals surface area contributed by atoms with Crippen molar-refractivity contribution >= 4 is 11.9 Å². The lowest BCUT2D eigenvalue weighted by Crippen LogP contribution is -2.35.